The maximum absolute atomic E-state index is 11.9. The van der Waals surface area contributed by atoms with E-state index in [9.17, 15) is 19.7 Å². The highest BCUT2D eigenvalue weighted by molar-refractivity contribution is 5.75. The molecule has 1 aromatic rings. The Morgan fingerprint density at radius 2 is 2.33 bits per heavy atom. The highest BCUT2D eigenvalue weighted by atomic mass is 16.6. The molecule has 1 N–H and O–H groups in total. The van der Waals surface area contributed by atoms with Gasteiger partial charge in [0, 0.05) is 25.3 Å². The van der Waals surface area contributed by atoms with E-state index in [0.29, 0.717) is 13.2 Å². The SMILES string of the molecule is Cc1c([N+](=O)[O-])ccc(=O)n1CC(=O)NCC1CCCO1. The molecular formula is C13H17N3O5. The van der Waals surface area contributed by atoms with Crippen LogP contribution in [0.15, 0.2) is 16.9 Å². The molecule has 8 nitrogen and oxygen atoms in total. The maximum Gasteiger partial charge on any atom is 0.288 e. The van der Waals surface area contributed by atoms with E-state index in [1.165, 1.54) is 6.92 Å². The van der Waals surface area contributed by atoms with Crippen molar-refractivity contribution in [3.05, 3.63) is 38.3 Å². The van der Waals surface area contributed by atoms with E-state index in [0.717, 1.165) is 29.5 Å². The van der Waals surface area contributed by atoms with E-state index in [4.69, 9.17) is 4.74 Å². The van der Waals surface area contributed by atoms with Gasteiger partial charge in [-0.3, -0.25) is 24.3 Å². The zero-order valence-electron chi connectivity index (χ0n) is 11.7. The summed E-state index contributed by atoms with van der Waals surface area (Å²) in [6.45, 7) is 2.30. The van der Waals surface area contributed by atoms with Gasteiger partial charge in [-0.25, -0.2) is 0 Å². The number of nitrogens with one attached hydrogen (secondary N) is 1. The number of aromatic nitrogens is 1. The van der Waals surface area contributed by atoms with Crippen LogP contribution in [-0.4, -0.2) is 34.7 Å². The molecule has 1 amide bonds. The number of hydrogen-bond donors (Lipinski definition) is 1. The molecule has 1 fully saturated rings. The molecule has 1 aliphatic rings. The van der Waals surface area contributed by atoms with Crippen LogP contribution in [0.4, 0.5) is 5.69 Å². The second kappa shape index (κ2) is 6.49. The van der Waals surface area contributed by atoms with Crippen molar-refractivity contribution in [2.24, 2.45) is 0 Å². The molecule has 1 aliphatic heterocycles. The quantitative estimate of drug-likeness (QED) is 0.624. The molecular weight excluding hydrogens is 278 g/mol. The van der Waals surface area contributed by atoms with E-state index < -0.39 is 10.5 Å². The molecule has 1 atom stereocenters. The van der Waals surface area contributed by atoms with Gasteiger partial charge in [-0.1, -0.05) is 0 Å². The highest BCUT2D eigenvalue weighted by Crippen LogP contribution is 2.14. The van der Waals surface area contributed by atoms with Crippen molar-refractivity contribution in [2.75, 3.05) is 13.2 Å². The Balaban J connectivity index is 2.04. The van der Waals surface area contributed by atoms with Crippen molar-refractivity contribution >= 4 is 11.6 Å². The molecule has 1 saturated heterocycles. The summed E-state index contributed by atoms with van der Waals surface area (Å²) in [6, 6.07) is 2.25. The zero-order chi connectivity index (χ0) is 15.4. The number of pyridine rings is 1. The summed E-state index contributed by atoms with van der Waals surface area (Å²) in [4.78, 5) is 33.9. The van der Waals surface area contributed by atoms with Crippen molar-refractivity contribution in [1.82, 2.24) is 9.88 Å². The van der Waals surface area contributed by atoms with Crippen LogP contribution < -0.4 is 10.9 Å². The van der Waals surface area contributed by atoms with E-state index in [-0.39, 0.29) is 29.9 Å². The van der Waals surface area contributed by atoms with Crippen LogP contribution in [0.5, 0.6) is 0 Å². The Kier molecular flexibility index (Phi) is 4.69. The Hall–Kier alpha value is -2.22. The molecule has 114 valence electrons. The molecule has 0 saturated carbocycles. The Bertz CT molecular complexity index is 604. The predicted octanol–water partition coefficient (Wildman–Crippen LogP) is 0.360. The smallest absolute Gasteiger partial charge is 0.288 e. The maximum atomic E-state index is 11.9. The summed E-state index contributed by atoms with van der Waals surface area (Å²) < 4.78 is 6.48. The summed E-state index contributed by atoms with van der Waals surface area (Å²) >= 11 is 0. The molecule has 0 aromatic carbocycles. The Morgan fingerprint density at radius 3 is 2.95 bits per heavy atom. The largest absolute Gasteiger partial charge is 0.376 e. The standard InChI is InChI=1S/C13H17N3O5/c1-9-11(16(19)20)4-5-13(18)15(9)8-12(17)14-7-10-3-2-6-21-10/h4-5,10H,2-3,6-8H2,1H3,(H,14,17). The third-order valence-electron chi connectivity index (χ3n) is 3.47. The second-order valence-corrected chi connectivity index (χ2v) is 4.92. The molecule has 21 heavy (non-hydrogen) atoms. The van der Waals surface area contributed by atoms with Crippen LogP contribution in [0.25, 0.3) is 0 Å². The summed E-state index contributed by atoms with van der Waals surface area (Å²) in [5.74, 6) is -0.365. The molecule has 1 unspecified atom stereocenters. The molecule has 2 rings (SSSR count). The van der Waals surface area contributed by atoms with Crippen LogP contribution in [-0.2, 0) is 16.1 Å². The van der Waals surface area contributed by atoms with Crippen LogP contribution in [0.1, 0.15) is 18.5 Å². The predicted molar refractivity (Wildman–Crippen MR) is 74.1 cm³/mol. The third kappa shape index (κ3) is 3.66. The van der Waals surface area contributed by atoms with Crippen LogP contribution in [0.2, 0.25) is 0 Å². The number of carbonyl (C=O) groups is 1. The van der Waals surface area contributed by atoms with Gasteiger partial charge in [0.2, 0.25) is 5.91 Å². The zero-order valence-corrected chi connectivity index (χ0v) is 11.7. The Morgan fingerprint density at radius 1 is 1.57 bits per heavy atom. The van der Waals surface area contributed by atoms with E-state index in [2.05, 4.69) is 5.32 Å². The molecule has 0 spiro atoms. The first kappa shape index (κ1) is 15.2. The summed E-state index contributed by atoms with van der Waals surface area (Å²) in [7, 11) is 0. The first-order valence-corrected chi connectivity index (χ1v) is 6.72. The molecule has 0 aliphatic carbocycles. The fourth-order valence-corrected chi connectivity index (χ4v) is 2.29. The first-order valence-electron chi connectivity index (χ1n) is 6.72. The first-order chi connectivity index (χ1) is 9.99. The van der Waals surface area contributed by atoms with Gasteiger partial charge in [0.25, 0.3) is 11.2 Å². The topological polar surface area (TPSA) is 103 Å². The molecule has 2 heterocycles. The molecule has 0 radical (unpaired) electrons. The number of hydrogen-bond acceptors (Lipinski definition) is 5. The molecule has 8 heteroatoms. The average molecular weight is 295 g/mol. The van der Waals surface area contributed by atoms with Gasteiger partial charge in [0.1, 0.15) is 6.54 Å². The van der Waals surface area contributed by atoms with Crippen LogP contribution >= 0.6 is 0 Å². The van der Waals surface area contributed by atoms with Crippen LogP contribution in [0, 0.1) is 17.0 Å². The lowest BCUT2D eigenvalue weighted by Crippen LogP contribution is -2.37. The van der Waals surface area contributed by atoms with Crippen molar-refractivity contribution in [1.29, 1.82) is 0 Å². The van der Waals surface area contributed by atoms with Gasteiger partial charge in [-0.05, 0) is 19.8 Å². The lowest BCUT2D eigenvalue weighted by Gasteiger charge is -2.13. The second-order valence-electron chi connectivity index (χ2n) is 4.92. The van der Waals surface area contributed by atoms with E-state index in [1.807, 2.05) is 0 Å². The summed E-state index contributed by atoms with van der Waals surface area (Å²) in [6.07, 6.45) is 1.89. The van der Waals surface area contributed by atoms with Gasteiger partial charge >= 0.3 is 0 Å². The summed E-state index contributed by atoms with van der Waals surface area (Å²) in [5.41, 5.74) is -0.452. The van der Waals surface area contributed by atoms with Gasteiger partial charge in [-0.2, -0.15) is 0 Å². The lowest BCUT2D eigenvalue weighted by molar-refractivity contribution is -0.386. The van der Waals surface area contributed by atoms with Crippen LogP contribution in [0.3, 0.4) is 0 Å². The van der Waals surface area contributed by atoms with Gasteiger partial charge in [-0.15, -0.1) is 0 Å². The van der Waals surface area contributed by atoms with Crippen molar-refractivity contribution in [2.45, 2.75) is 32.4 Å². The number of nitro groups is 1. The third-order valence-corrected chi connectivity index (χ3v) is 3.47. The minimum atomic E-state index is -0.574. The molecule has 0 bridgehead atoms. The lowest BCUT2D eigenvalue weighted by atomic mass is 10.2. The normalized spacial score (nSPS) is 17.7. The number of nitrogens with zero attached hydrogens (tertiary/aromatic N) is 2. The van der Waals surface area contributed by atoms with Crippen molar-refractivity contribution < 1.29 is 14.5 Å². The van der Waals surface area contributed by atoms with E-state index >= 15 is 0 Å². The van der Waals surface area contributed by atoms with Gasteiger partial charge in [0.05, 0.1) is 16.7 Å². The average Bonchev–Trinajstić information content (AvgIpc) is 2.94. The molecule has 1 aromatic heterocycles. The van der Waals surface area contributed by atoms with E-state index in [1.54, 1.807) is 0 Å². The minimum Gasteiger partial charge on any atom is -0.376 e. The fraction of sp³-hybridized carbons (Fsp3) is 0.538. The minimum absolute atomic E-state index is 0.0110. The Labute approximate surface area is 120 Å². The summed E-state index contributed by atoms with van der Waals surface area (Å²) in [5, 5.41) is 13.5. The monoisotopic (exact) mass is 295 g/mol. The van der Waals surface area contributed by atoms with Gasteiger partial charge < -0.3 is 10.1 Å². The number of amides is 1. The van der Waals surface area contributed by atoms with Crippen molar-refractivity contribution in [3.8, 4) is 0 Å². The number of carbonyl (C=O) groups excluding carboxylic acids is 1. The number of ether oxygens (including phenoxy) is 1. The fourth-order valence-electron chi connectivity index (χ4n) is 2.29. The van der Waals surface area contributed by atoms with Gasteiger partial charge in [0.15, 0.2) is 0 Å². The highest BCUT2D eigenvalue weighted by Gasteiger charge is 2.19. The van der Waals surface area contributed by atoms with Crippen molar-refractivity contribution in [3.63, 3.8) is 0 Å². The number of rotatable bonds is 5.